The number of aliphatic hydroxyl groups excluding tert-OH is 1. The van der Waals surface area contributed by atoms with Crippen LogP contribution in [0, 0.1) is 0 Å². The number of hydrogen-bond acceptors (Lipinski definition) is 10. The Morgan fingerprint density at radius 1 is 0.812 bits per heavy atom. The van der Waals surface area contributed by atoms with Gasteiger partial charge in [-0.05, 0) is 68.8 Å². The molecule has 0 unspecified atom stereocenters. The summed E-state index contributed by atoms with van der Waals surface area (Å²) < 4.78 is 0. The molecule has 178 valence electrons. The Morgan fingerprint density at radius 2 is 1.19 bits per heavy atom. The molecule has 0 radical (unpaired) electrons. The molecule has 0 amide bonds. The predicted octanol–water partition coefficient (Wildman–Crippen LogP) is 0.827. The number of aromatic nitrogens is 3. The van der Waals surface area contributed by atoms with Gasteiger partial charge in [0, 0.05) is 43.8 Å². The number of pyridine rings is 3. The van der Waals surface area contributed by atoms with E-state index in [-0.39, 0.29) is 12.4 Å². The lowest BCUT2D eigenvalue weighted by atomic mass is 10.5. The molecule has 0 atom stereocenters. The van der Waals surface area contributed by atoms with Gasteiger partial charge in [-0.25, -0.2) is 15.0 Å². The Hall–Kier alpha value is -0.630. The molecule has 0 aromatic carbocycles. The minimum Gasteiger partial charge on any atom is -1.00 e. The maximum Gasteiger partial charge on any atom is 0.107 e. The van der Waals surface area contributed by atoms with Crippen LogP contribution in [-0.2, 0) is 0 Å². The monoisotopic (exact) mass is 551 g/mol. The lowest BCUT2D eigenvalue weighted by Crippen LogP contribution is -3.00. The highest BCUT2D eigenvalue weighted by Gasteiger charge is 1.97. The molecular weight excluding hydrogens is 522 g/mol. The average molecular weight is 552 g/mol. The normalized spacial score (nSPS) is 8.91. The highest BCUT2D eigenvalue weighted by atomic mass is 35.5. The molecule has 0 saturated carbocycles. The van der Waals surface area contributed by atoms with Gasteiger partial charge < -0.3 is 29.0 Å². The SMILES string of the molecule is CO.NCCSSc1ccccn1.[Cl-].[NH3+]CCS.c1ccc(SSc2ccccn2)nc1. The van der Waals surface area contributed by atoms with E-state index in [0.29, 0.717) is 0 Å². The van der Waals surface area contributed by atoms with Gasteiger partial charge in [0.2, 0.25) is 0 Å². The van der Waals surface area contributed by atoms with Gasteiger partial charge in [0.1, 0.15) is 15.1 Å². The molecular formula is C20H30ClN5OS5. The van der Waals surface area contributed by atoms with E-state index in [9.17, 15) is 0 Å². The molecule has 0 saturated heterocycles. The minimum absolute atomic E-state index is 0. The average Bonchev–Trinajstić information content (AvgIpc) is 2.87. The minimum atomic E-state index is 0. The van der Waals surface area contributed by atoms with E-state index in [1.165, 1.54) is 0 Å². The van der Waals surface area contributed by atoms with E-state index in [4.69, 9.17) is 10.8 Å². The summed E-state index contributed by atoms with van der Waals surface area (Å²) in [4.78, 5) is 12.6. The Balaban J connectivity index is 0. The van der Waals surface area contributed by atoms with Crippen molar-refractivity contribution in [2.24, 2.45) is 5.73 Å². The van der Waals surface area contributed by atoms with Gasteiger partial charge >= 0.3 is 0 Å². The molecule has 0 aliphatic rings. The molecule has 3 aromatic heterocycles. The van der Waals surface area contributed by atoms with Crippen LogP contribution in [0.2, 0.25) is 0 Å². The van der Waals surface area contributed by atoms with Gasteiger partial charge in [-0.3, -0.25) is 0 Å². The van der Waals surface area contributed by atoms with Crippen LogP contribution in [0.5, 0.6) is 0 Å². The van der Waals surface area contributed by atoms with Crippen LogP contribution in [0.3, 0.4) is 0 Å². The maximum absolute atomic E-state index is 7.00. The fourth-order valence-electron chi connectivity index (χ4n) is 1.42. The van der Waals surface area contributed by atoms with Crippen molar-refractivity contribution in [2.75, 3.05) is 31.7 Å². The number of hydrogen-bond donors (Lipinski definition) is 4. The van der Waals surface area contributed by atoms with Crippen molar-refractivity contribution in [2.45, 2.75) is 15.1 Å². The summed E-state index contributed by atoms with van der Waals surface area (Å²) in [7, 11) is 7.64. The van der Waals surface area contributed by atoms with Crippen molar-refractivity contribution in [1.29, 1.82) is 0 Å². The Morgan fingerprint density at radius 3 is 1.47 bits per heavy atom. The summed E-state index contributed by atoms with van der Waals surface area (Å²) >= 11 is 3.86. The lowest BCUT2D eigenvalue weighted by Gasteiger charge is -1.97. The van der Waals surface area contributed by atoms with E-state index in [0.717, 1.165) is 46.8 Å². The summed E-state index contributed by atoms with van der Waals surface area (Å²) in [5.74, 6) is 1.88. The van der Waals surface area contributed by atoms with Crippen molar-refractivity contribution in [3.05, 3.63) is 73.2 Å². The van der Waals surface area contributed by atoms with Gasteiger partial charge in [-0.2, -0.15) is 12.6 Å². The molecule has 0 aliphatic heterocycles. The largest absolute Gasteiger partial charge is 1.00 e. The third-order valence-corrected chi connectivity index (χ3v) is 7.43. The van der Waals surface area contributed by atoms with E-state index in [1.807, 2.05) is 54.6 Å². The first-order valence-electron chi connectivity index (χ1n) is 9.22. The summed E-state index contributed by atoms with van der Waals surface area (Å²) in [5.41, 5.74) is 8.87. The second-order valence-electron chi connectivity index (χ2n) is 4.94. The number of thiol groups is 1. The number of nitrogens with two attached hydrogens (primary N) is 1. The number of nitrogens with zero attached hydrogens (tertiary/aromatic N) is 3. The van der Waals surface area contributed by atoms with Crippen molar-refractivity contribution >= 4 is 55.8 Å². The molecule has 3 heterocycles. The van der Waals surface area contributed by atoms with Gasteiger partial charge in [-0.15, -0.1) is 0 Å². The van der Waals surface area contributed by atoms with Crippen LogP contribution < -0.4 is 23.9 Å². The summed E-state index contributed by atoms with van der Waals surface area (Å²) in [6, 6.07) is 17.7. The van der Waals surface area contributed by atoms with Crippen LogP contribution in [-0.4, -0.2) is 51.8 Å². The van der Waals surface area contributed by atoms with Gasteiger partial charge in [0.25, 0.3) is 0 Å². The van der Waals surface area contributed by atoms with Gasteiger partial charge in [-0.1, -0.05) is 29.0 Å². The molecule has 12 heteroatoms. The number of halogens is 1. The molecule has 6 nitrogen and oxygen atoms in total. The first kappa shape index (κ1) is 33.5. The molecule has 0 aliphatic carbocycles. The van der Waals surface area contributed by atoms with E-state index in [2.05, 4.69) is 33.3 Å². The van der Waals surface area contributed by atoms with E-state index in [1.54, 1.807) is 61.8 Å². The lowest BCUT2D eigenvalue weighted by molar-refractivity contribution is -0.360. The third-order valence-electron chi connectivity index (χ3n) is 2.63. The fraction of sp³-hybridized carbons (Fsp3) is 0.250. The van der Waals surface area contributed by atoms with Crippen LogP contribution in [0.15, 0.2) is 88.3 Å². The first-order chi connectivity index (χ1) is 15.3. The zero-order chi connectivity index (χ0) is 23.0. The second kappa shape index (κ2) is 26.6. The Kier molecular flexibility index (Phi) is 27.9. The quantitative estimate of drug-likeness (QED) is 0.184. The standard InChI is InChI=1S/C10H8N2S2.C7H10N2S2.C2H7NS.CH4O.ClH/c1-3-7-11-9(5-1)13-14-10-6-2-4-8-12-10;8-4-6-10-11-7-3-1-2-5-9-7;3-1-2-4;1-2;/h1-8H;1-3,5H,4,6,8H2;4H,1-3H2;2H,1H3;1H. The highest BCUT2D eigenvalue weighted by Crippen LogP contribution is 2.34. The number of quaternary nitrogens is 1. The summed E-state index contributed by atoms with van der Waals surface area (Å²) in [5, 5.41) is 10.1. The maximum atomic E-state index is 7.00. The van der Waals surface area contributed by atoms with Crippen molar-refractivity contribution in [3.8, 4) is 0 Å². The van der Waals surface area contributed by atoms with Crippen LogP contribution in [0.25, 0.3) is 0 Å². The zero-order valence-corrected chi connectivity index (χ0v) is 22.7. The Labute approximate surface area is 218 Å². The van der Waals surface area contributed by atoms with Crippen molar-refractivity contribution < 1.29 is 23.2 Å². The smallest absolute Gasteiger partial charge is 0.107 e. The van der Waals surface area contributed by atoms with Crippen LogP contribution in [0.4, 0.5) is 0 Å². The first-order valence-corrected chi connectivity index (χ1v) is 14.3. The Bertz CT molecular complexity index is 695. The fourth-order valence-corrected chi connectivity index (χ4v) is 4.91. The molecule has 32 heavy (non-hydrogen) atoms. The molecule has 3 rings (SSSR count). The van der Waals surface area contributed by atoms with Crippen LogP contribution >= 0.6 is 55.8 Å². The highest BCUT2D eigenvalue weighted by molar-refractivity contribution is 8.77. The predicted molar refractivity (Wildman–Crippen MR) is 142 cm³/mol. The van der Waals surface area contributed by atoms with E-state index >= 15 is 0 Å². The van der Waals surface area contributed by atoms with Gasteiger partial charge in [0.05, 0.1) is 6.54 Å². The topological polar surface area (TPSA) is 113 Å². The molecule has 0 bridgehead atoms. The third kappa shape index (κ3) is 20.0. The summed E-state index contributed by atoms with van der Waals surface area (Å²) in [6.45, 7) is 1.66. The zero-order valence-electron chi connectivity index (χ0n) is 17.8. The second-order valence-corrected chi connectivity index (χ2v) is 9.99. The molecule has 3 aromatic rings. The number of rotatable bonds is 8. The number of aliphatic hydroxyl groups is 1. The van der Waals surface area contributed by atoms with Crippen LogP contribution in [0.1, 0.15) is 0 Å². The molecule has 0 spiro atoms. The molecule has 0 fully saturated rings. The van der Waals surface area contributed by atoms with Crippen molar-refractivity contribution in [1.82, 2.24) is 15.0 Å². The van der Waals surface area contributed by atoms with Crippen molar-refractivity contribution in [3.63, 3.8) is 0 Å². The summed E-state index contributed by atoms with van der Waals surface area (Å²) in [6.07, 6.45) is 5.38. The molecule has 6 N–H and O–H groups in total. The van der Waals surface area contributed by atoms with Gasteiger partial charge in [0.15, 0.2) is 0 Å². The van der Waals surface area contributed by atoms with E-state index < -0.39 is 0 Å².